The van der Waals surface area contributed by atoms with Crippen LogP contribution in [0.15, 0.2) is 12.1 Å². The molecule has 2 N–H and O–H groups in total. The molecule has 24 heavy (non-hydrogen) atoms. The van der Waals surface area contributed by atoms with E-state index in [9.17, 15) is 14.9 Å². The zero-order valence-corrected chi connectivity index (χ0v) is 14.0. The highest BCUT2D eigenvalue weighted by Gasteiger charge is 2.25. The molecular weight excluding hydrogens is 314 g/mol. The number of hydrogen-bond donors (Lipinski definition) is 2. The zero-order chi connectivity index (χ0) is 17.5. The van der Waals surface area contributed by atoms with Crippen molar-refractivity contribution in [2.24, 2.45) is 5.92 Å². The van der Waals surface area contributed by atoms with Crippen LogP contribution in [-0.2, 0) is 0 Å². The molecule has 2 rings (SSSR count). The Morgan fingerprint density at radius 3 is 2.83 bits per heavy atom. The number of benzene rings is 1. The van der Waals surface area contributed by atoms with Gasteiger partial charge in [0.2, 0.25) is 0 Å². The fourth-order valence-electron chi connectivity index (χ4n) is 2.74. The highest BCUT2D eigenvalue weighted by Crippen LogP contribution is 2.34. The van der Waals surface area contributed by atoms with Crippen LogP contribution in [0.25, 0.3) is 0 Å². The molecule has 0 spiro atoms. The fraction of sp³-hybridized carbons (Fsp3) is 0.562. The predicted octanol–water partition coefficient (Wildman–Crippen LogP) is 1.73. The number of nitro groups is 1. The molecule has 1 aliphatic heterocycles. The third-order valence-electron chi connectivity index (χ3n) is 3.97. The van der Waals surface area contributed by atoms with Gasteiger partial charge in [-0.15, -0.1) is 0 Å². The number of rotatable bonds is 7. The van der Waals surface area contributed by atoms with Crippen molar-refractivity contribution in [1.82, 2.24) is 10.6 Å². The van der Waals surface area contributed by atoms with Crippen LogP contribution in [0.4, 0.5) is 5.69 Å². The second kappa shape index (κ2) is 8.49. The Bertz CT molecular complexity index is 600. The quantitative estimate of drug-likeness (QED) is 0.580. The first kappa shape index (κ1) is 18.0. The van der Waals surface area contributed by atoms with E-state index in [2.05, 4.69) is 10.6 Å². The minimum atomic E-state index is -0.588. The van der Waals surface area contributed by atoms with Gasteiger partial charge >= 0.3 is 0 Å². The van der Waals surface area contributed by atoms with E-state index in [0.29, 0.717) is 24.8 Å². The molecule has 1 fully saturated rings. The van der Waals surface area contributed by atoms with E-state index >= 15 is 0 Å². The maximum absolute atomic E-state index is 12.4. The van der Waals surface area contributed by atoms with E-state index in [1.54, 1.807) is 6.92 Å². The molecule has 1 aromatic carbocycles. The predicted molar refractivity (Wildman–Crippen MR) is 88.7 cm³/mol. The highest BCUT2D eigenvalue weighted by atomic mass is 16.6. The van der Waals surface area contributed by atoms with Gasteiger partial charge in [0.15, 0.2) is 11.5 Å². The maximum Gasteiger partial charge on any atom is 0.286 e. The van der Waals surface area contributed by atoms with E-state index in [-0.39, 0.29) is 17.0 Å². The van der Waals surface area contributed by atoms with E-state index < -0.39 is 10.8 Å². The van der Waals surface area contributed by atoms with Crippen molar-refractivity contribution < 1.29 is 19.2 Å². The summed E-state index contributed by atoms with van der Waals surface area (Å²) in [6, 6.07) is 2.59. The molecule has 1 atom stereocenters. The number of amides is 1. The van der Waals surface area contributed by atoms with E-state index in [0.717, 1.165) is 25.9 Å². The fourth-order valence-corrected chi connectivity index (χ4v) is 2.74. The average Bonchev–Trinajstić information content (AvgIpc) is 2.60. The summed E-state index contributed by atoms with van der Waals surface area (Å²) in [5.41, 5.74) is -0.317. The molecular formula is C16H23N3O5. The number of ether oxygens (including phenoxy) is 2. The van der Waals surface area contributed by atoms with E-state index in [1.165, 1.54) is 19.2 Å². The molecule has 0 aromatic heterocycles. The van der Waals surface area contributed by atoms with E-state index in [4.69, 9.17) is 9.47 Å². The maximum atomic E-state index is 12.4. The van der Waals surface area contributed by atoms with Crippen molar-refractivity contribution in [2.45, 2.75) is 19.8 Å². The first-order valence-corrected chi connectivity index (χ1v) is 8.05. The summed E-state index contributed by atoms with van der Waals surface area (Å²) in [7, 11) is 1.40. The van der Waals surface area contributed by atoms with Crippen molar-refractivity contribution >= 4 is 11.6 Å². The van der Waals surface area contributed by atoms with Gasteiger partial charge in [-0.1, -0.05) is 0 Å². The highest BCUT2D eigenvalue weighted by molar-refractivity contribution is 5.99. The lowest BCUT2D eigenvalue weighted by atomic mass is 9.99. The molecule has 1 saturated heterocycles. The molecule has 0 bridgehead atoms. The van der Waals surface area contributed by atoms with Crippen molar-refractivity contribution in [2.75, 3.05) is 33.4 Å². The summed E-state index contributed by atoms with van der Waals surface area (Å²) >= 11 is 0. The summed E-state index contributed by atoms with van der Waals surface area (Å²) in [5.74, 6) is 0.411. The smallest absolute Gasteiger partial charge is 0.286 e. The molecule has 132 valence electrons. The van der Waals surface area contributed by atoms with Crippen LogP contribution in [0.2, 0.25) is 0 Å². The molecule has 0 radical (unpaired) electrons. The van der Waals surface area contributed by atoms with Gasteiger partial charge in [0, 0.05) is 12.6 Å². The molecule has 8 heteroatoms. The van der Waals surface area contributed by atoms with Crippen LogP contribution in [-0.4, -0.2) is 44.2 Å². The first-order chi connectivity index (χ1) is 11.6. The third kappa shape index (κ3) is 4.35. The van der Waals surface area contributed by atoms with E-state index in [1.807, 2.05) is 0 Å². The van der Waals surface area contributed by atoms with Gasteiger partial charge in [-0.25, -0.2) is 0 Å². The molecule has 0 saturated carbocycles. The normalized spacial score (nSPS) is 17.2. The molecule has 8 nitrogen and oxygen atoms in total. The number of piperidine rings is 1. The Balaban J connectivity index is 2.20. The van der Waals surface area contributed by atoms with Crippen LogP contribution in [0.3, 0.4) is 0 Å². The standard InChI is InChI=1S/C16H23N3O5/c1-3-24-15-7-12(13(19(21)22)8-14(15)23-2)16(20)18-10-11-5-4-6-17-9-11/h7-8,11,17H,3-6,9-10H2,1-2H3,(H,18,20). The number of hydrogen-bond acceptors (Lipinski definition) is 6. The minimum Gasteiger partial charge on any atom is -0.493 e. The monoisotopic (exact) mass is 337 g/mol. The van der Waals surface area contributed by atoms with Crippen LogP contribution in [0.5, 0.6) is 11.5 Å². The Kier molecular flexibility index (Phi) is 6.36. The molecule has 1 aromatic rings. The molecule has 1 heterocycles. The molecule has 1 unspecified atom stereocenters. The van der Waals surface area contributed by atoms with Gasteiger partial charge in [0.25, 0.3) is 11.6 Å². The van der Waals surface area contributed by atoms with Crippen molar-refractivity contribution in [3.05, 3.63) is 27.8 Å². The molecule has 1 amide bonds. The third-order valence-corrected chi connectivity index (χ3v) is 3.97. The van der Waals surface area contributed by atoms with Crippen LogP contribution in [0.1, 0.15) is 30.1 Å². The van der Waals surface area contributed by atoms with Gasteiger partial charge in [0.1, 0.15) is 5.56 Å². The Labute approximate surface area is 140 Å². The Morgan fingerprint density at radius 1 is 1.46 bits per heavy atom. The number of carbonyl (C=O) groups is 1. The molecule has 0 aliphatic carbocycles. The number of nitrogens with one attached hydrogen (secondary N) is 2. The zero-order valence-electron chi connectivity index (χ0n) is 14.0. The van der Waals surface area contributed by atoms with Gasteiger partial charge in [-0.05, 0) is 38.8 Å². The number of nitro benzene ring substituents is 1. The summed E-state index contributed by atoms with van der Waals surface area (Å²) in [4.78, 5) is 23.1. The van der Waals surface area contributed by atoms with Gasteiger partial charge in [0.05, 0.1) is 24.7 Å². The lowest BCUT2D eigenvalue weighted by Crippen LogP contribution is -2.38. The summed E-state index contributed by atoms with van der Waals surface area (Å²) in [6.45, 7) is 4.47. The van der Waals surface area contributed by atoms with Gasteiger partial charge in [-0.2, -0.15) is 0 Å². The average molecular weight is 337 g/mol. The Morgan fingerprint density at radius 2 is 2.25 bits per heavy atom. The summed E-state index contributed by atoms with van der Waals surface area (Å²) in [6.07, 6.45) is 2.10. The Hall–Kier alpha value is -2.35. The minimum absolute atomic E-state index is 0.0204. The number of nitrogens with zero attached hydrogens (tertiary/aromatic N) is 1. The van der Waals surface area contributed by atoms with Crippen molar-refractivity contribution in [1.29, 1.82) is 0 Å². The van der Waals surface area contributed by atoms with Crippen LogP contribution in [0, 0.1) is 16.0 Å². The second-order valence-corrected chi connectivity index (χ2v) is 5.63. The lowest BCUT2D eigenvalue weighted by molar-refractivity contribution is -0.385. The van der Waals surface area contributed by atoms with Crippen LogP contribution >= 0.6 is 0 Å². The summed E-state index contributed by atoms with van der Waals surface area (Å²) in [5, 5.41) is 17.4. The first-order valence-electron chi connectivity index (χ1n) is 8.05. The largest absolute Gasteiger partial charge is 0.493 e. The van der Waals surface area contributed by atoms with Crippen molar-refractivity contribution in [3.8, 4) is 11.5 Å². The topological polar surface area (TPSA) is 103 Å². The number of carbonyl (C=O) groups excluding carboxylic acids is 1. The van der Waals surface area contributed by atoms with Crippen molar-refractivity contribution in [3.63, 3.8) is 0 Å². The SMILES string of the molecule is CCOc1cc(C(=O)NCC2CCCNC2)c([N+](=O)[O-])cc1OC. The second-order valence-electron chi connectivity index (χ2n) is 5.63. The van der Waals surface area contributed by atoms with Crippen LogP contribution < -0.4 is 20.1 Å². The number of methoxy groups -OCH3 is 1. The van der Waals surface area contributed by atoms with Gasteiger partial charge < -0.3 is 20.1 Å². The molecule has 1 aliphatic rings. The lowest BCUT2D eigenvalue weighted by Gasteiger charge is -2.22. The summed E-state index contributed by atoms with van der Waals surface area (Å²) < 4.78 is 10.5. The van der Waals surface area contributed by atoms with Gasteiger partial charge in [-0.3, -0.25) is 14.9 Å².